The minimum Gasteiger partial charge on any atom is -0.453 e. The molecule has 23 heavy (non-hydrogen) atoms. The molecule has 126 valence electrons. The molecule has 1 atom stereocenters. The predicted octanol–water partition coefficient (Wildman–Crippen LogP) is 2.52. The van der Waals surface area contributed by atoms with E-state index < -0.39 is 23.2 Å². The lowest BCUT2D eigenvalue weighted by Crippen LogP contribution is -2.39. The number of aryl methyl sites for hydroxylation is 1. The Labute approximate surface area is 138 Å². The Morgan fingerprint density at radius 1 is 1.35 bits per heavy atom. The van der Waals surface area contributed by atoms with Gasteiger partial charge in [0.15, 0.2) is 0 Å². The number of halogens is 2. The summed E-state index contributed by atoms with van der Waals surface area (Å²) < 4.78 is 18.3. The molecule has 1 rings (SSSR count). The van der Waals surface area contributed by atoms with Crippen LogP contribution < -0.4 is 10.6 Å². The molecule has 0 heterocycles. The number of benzene rings is 1. The lowest BCUT2D eigenvalue weighted by molar-refractivity contribution is -0.114. The highest BCUT2D eigenvalue weighted by Crippen LogP contribution is 2.21. The fourth-order valence-corrected chi connectivity index (χ4v) is 2.18. The molecule has 1 aromatic carbocycles. The van der Waals surface area contributed by atoms with Crippen LogP contribution in [-0.2, 0) is 20.7 Å². The fraction of sp³-hybridized carbons (Fsp3) is 0.400. The van der Waals surface area contributed by atoms with Crippen LogP contribution in [0.25, 0.3) is 0 Å². The Kier molecular flexibility index (Phi) is 6.96. The molecule has 0 saturated heterocycles. The van der Waals surface area contributed by atoms with Crippen LogP contribution in [-0.4, -0.2) is 30.4 Å². The number of ether oxygens (including phenoxy) is 1. The molecule has 0 fully saturated rings. The number of nitrogens with one attached hydrogen (secondary N) is 2. The molecule has 0 unspecified atom stereocenters. The minimum absolute atomic E-state index is 0.168. The van der Waals surface area contributed by atoms with Gasteiger partial charge in [-0.25, -0.2) is 9.18 Å². The maximum Gasteiger partial charge on any atom is 0.407 e. The second kappa shape index (κ2) is 8.47. The Balaban J connectivity index is 2.89. The van der Waals surface area contributed by atoms with E-state index in [0.29, 0.717) is 16.8 Å². The summed E-state index contributed by atoms with van der Waals surface area (Å²) >= 11 is 5.44. The summed E-state index contributed by atoms with van der Waals surface area (Å²) in [5.41, 5.74) is 1.33. The standard InChI is InChI=1S/C15H18ClFN2O4/c1-8-10(6-11(7-12(8)17)18-9(2)20)4-5-13(14(16)21)19-15(22)23-3/h6-7,13H,4-5H2,1-3H3,(H,18,20)(H,19,22)/t13-/m0/s1. The highest BCUT2D eigenvalue weighted by Gasteiger charge is 2.20. The molecular formula is C15H18ClFN2O4. The Bertz CT molecular complexity index is 622. The molecular weight excluding hydrogens is 327 g/mol. The SMILES string of the molecule is COC(=O)N[C@@H](CCc1cc(NC(C)=O)cc(F)c1C)C(=O)Cl. The zero-order chi connectivity index (χ0) is 17.6. The van der Waals surface area contributed by atoms with Crippen molar-refractivity contribution in [3.63, 3.8) is 0 Å². The fourth-order valence-electron chi connectivity index (χ4n) is 2.01. The van der Waals surface area contributed by atoms with Crippen LogP contribution in [0.3, 0.4) is 0 Å². The second-order valence-corrected chi connectivity index (χ2v) is 5.33. The molecule has 0 aliphatic heterocycles. The molecule has 2 amide bonds. The lowest BCUT2D eigenvalue weighted by Gasteiger charge is -2.15. The van der Waals surface area contributed by atoms with Gasteiger partial charge in [-0.2, -0.15) is 0 Å². The highest BCUT2D eigenvalue weighted by atomic mass is 35.5. The van der Waals surface area contributed by atoms with E-state index in [1.54, 1.807) is 13.0 Å². The number of amides is 2. The van der Waals surface area contributed by atoms with Crippen molar-refractivity contribution in [1.29, 1.82) is 0 Å². The monoisotopic (exact) mass is 344 g/mol. The third kappa shape index (κ3) is 5.86. The topological polar surface area (TPSA) is 84.5 Å². The summed E-state index contributed by atoms with van der Waals surface area (Å²) in [5, 5.41) is 4.07. The molecule has 0 radical (unpaired) electrons. The van der Waals surface area contributed by atoms with Gasteiger partial charge in [-0.1, -0.05) is 0 Å². The molecule has 0 bridgehead atoms. The molecule has 0 saturated carbocycles. The Morgan fingerprint density at radius 2 is 2.00 bits per heavy atom. The van der Waals surface area contributed by atoms with Crippen LogP contribution in [0.15, 0.2) is 12.1 Å². The largest absolute Gasteiger partial charge is 0.453 e. The average Bonchev–Trinajstić information content (AvgIpc) is 2.46. The van der Waals surface area contributed by atoms with E-state index in [0.717, 1.165) is 0 Å². The van der Waals surface area contributed by atoms with E-state index in [4.69, 9.17) is 11.6 Å². The maximum absolute atomic E-state index is 13.9. The van der Waals surface area contributed by atoms with Crippen LogP contribution in [0.2, 0.25) is 0 Å². The van der Waals surface area contributed by atoms with Crippen LogP contribution in [0.1, 0.15) is 24.5 Å². The molecule has 0 aliphatic carbocycles. The number of rotatable bonds is 6. The van der Waals surface area contributed by atoms with E-state index >= 15 is 0 Å². The van der Waals surface area contributed by atoms with Gasteiger partial charge in [0.1, 0.15) is 11.9 Å². The first kappa shape index (κ1) is 18.9. The van der Waals surface area contributed by atoms with Crippen molar-refractivity contribution in [3.8, 4) is 0 Å². The van der Waals surface area contributed by atoms with E-state index in [1.165, 1.54) is 20.1 Å². The summed E-state index contributed by atoms with van der Waals surface area (Å²) in [5.74, 6) is -0.790. The average molecular weight is 345 g/mol. The quantitative estimate of drug-likeness (QED) is 0.777. The van der Waals surface area contributed by atoms with Gasteiger partial charge in [-0.3, -0.25) is 9.59 Å². The van der Waals surface area contributed by atoms with Gasteiger partial charge in [0.25, 0.3) is 0 Å². The molecule has 1 aromatic rings. The summed E-state index contributed by atoms with van der Waals surface area (Å²) in [6.07, 6.45) is -0.330. The maximum atomic E-state index is 13.9. The van der Waals surface area contributed by atoms with E-state index in [1.807, 2.05) is 0 Å². The molecule has 8 heteroatoms. The van der Waals surface area contributed by atoms with Crippen molar-refractivity contribution in [2.24, 2.45) is 0 Å². The van der Waals surface area contributed by atoms with Crippen molar-refractivity contribution >= 4 is 34.5 Å². The third-order valence-corrected chi connectivity index (χ3v) is 3.49. The first-order valence-corrected chi connectivity index (χ1v) is 7.22. The minimum atomic E-state index is -0.948. The first-order chi connectivity index (χ1) is 10.7. The molecule has 6 nitrogen and oxygen atoms in total. The van der Waals surface area contributed by atoms with Crippen LogP contribution >= 0.6 is 11.6 Å². The van der Waals surface area contributed by atoms with Gasteiger partial charge in [0, 0.05) is 12.6 Å². The third-order valence-electron chi connectivity index (χ3n) is 3.23. The van der Waals surface area contributed by atoms with Crippen molar-refractivity contribution in [1.82, 2.24) is 5.32 Å². The lowest BCUT2D eigenvalue weighted by atomic mass is 10.00. The summed E-state index contributed by atoms with van der Waals surface area (Å²) in [6, 6.07) is 1.89. The summed E-state index contributed by atoms with van der Waals surface area (Å²) in [7, 11) is 1.17. The normalized spacial score (nSPS) is 11.5. The van der Waals surface area contributed by atoms with Gasteiger partial charge in [-0.15, -0.1) is 0 Å². The van der Waals surface area contributed by atoms with Gasteiger partial charge in [0.05, 0.1) is 7.11 Å². The van der Waals surface area contributed by atoms with E-state index in [9.17, 15) is 18.8 Å². The number of hydrogen-bond acceptors (Lipinski definition) is 4. The van der Waals surface area contributed by atoms with Crippen molar-refractivity contribution in [2.75, 3.05) is 12.4 Å². The number of methoxy groups -OCH3 is 1. The molecule has 0 aromatic heterocycles. The number of alkyl carbamates (subject to hydrolysis) is 1. The number of carbonyl (C=O) groups excluding carboxylic acids is 3. The van der Waals surface area contributed by atoms with Crippen LogP contribution in [0.5, 0.6) is 0 Å². The number of carbonyl (C=O) groups is 3. The van der Waals surface area contributed by atoms with Gasteiger partial charge < -0.3 is 15.4 Å². The van der Waals surface area contributed by atoms with Crippen LogP contribution in [0, 0.1) is 12.7 Å². The van der Waals surface area contributed by atoms with Crippen molar-refractivity contribution < 1.29 is 23.5 Å². The highest BCUT2D eigenvalue weighted by molar-refractivity contribution is 6.64. The van der Waals surface area contributed by atoms with E-state index in [-0.39, 0.29) is 18.7 Å². The van der Waals surface area contributed by atoms with E-state index in [2.05, 4.69) is 15.4 Å². The summed E-state index contributed by atoms with van der Waals surface area (Å²) in [4.78, 5) is 33.6. The zero-order valence-corrected chi connectivity index (χ0v) is 13.8. The number of anilines is 1. The van der Waals surface area contributed by atoms with Crippen LogP contribution in [0.4, 0.5) is 14.9 Å². The summed E-state index contributed by atoms with van der Waals surface area (Å²) in [6.45, 7) is 2.91. The van der Waals surface area contributed by atoms with Gasteiger partial charge >= 0.3 is 6.09 Å². The first-order valence-electron chi connectivity index (χ1n) is 6.85. The van der Waals surface area contributed by atoms with Crippen molar-refractivity contribution in [2.45, 2.75) is 32.7 Å². The van der Waals surface area contributed by atoms with Gasteiger partial charge in [0.2, 0.25) is 11.1 Å². The smallest absolute Gasteiger partial charge is 0.407 e. The van der Waals surface area contributed by atoms with Crippen molar-refractivity contribution in [3.05, 3.63) is 29.1 Å². The number of hydrogen-bond donors (Lipinski definition) is 2. The second-order valence-electron chi connectivity index (χ2n) is 4.95. The Morgan fingerprint density at radius 3 is 2.52 bits per heavy atom. The Hall–Kier alpha value is -2.15. The molecule has 0 spiro atoms. The molecule has 0 aliphatic rings. The molecule has 2 N–H and O–H groups in total. The zero-order valence-electron chi connectivity index (χ0n) is 13.0. The predicted molar refractivity (Wildman–Crippen MR) is 84.0 cm³/mol. The van der Waals surface area contributed by atoms with Gasteiger partial charge in [-0.05, 0) is 54.6 Å².